The number of hydrogen-bond acceptors (Lipinski definition) is 6. The van der Waals surface area contributed by atoms with Crippen LogP contribution in [0.5, 0.6) is 0 Å². The Morgan fingerprint density at radius 3 is 2.48 bits per heavy atom. The molecule has 2 N–H and O–H groups in total. The van der Waals surface area contributed by atoms with Crippen molar-refractivity contribution in [2.45, 2.75) is 26.7 Å². The van der Waals surface area contributed by atoms with Crippen molar-refractivity contribution in [3.8, 4) is 0 Å². The Bertz CT molecular complexity index is 512. The summed E-state index contributed by atoms with van der Waals surface area (Å²) in [5.74, 6) is -2.16. The van der Waals surface area contributed by atoms with Crippen molar-refractivity contribution in [2.75, 3.05) is 19.6 Å². The van der Waals surface area contributed by atoms with Crippen LogP contribution in [0.1, 0.15) is 32.0 Å². The summed E-state index contributed by atoms with van der Waals surface area (Å²) in [6, 6.07) is 0. The highest BCUT2D eigenvalue weighted by atomic mass is 16.5. The lowest BCUT2D eigenvalue weighted by atomic mass is 10.1. The Labute approximate surface area is 122 Å². The molecule has 0 aromatic carbocycles. The summed E-state index contributed by atoms with van der Waals surface area (Å²) < 4.78 is 5.23. The first kappa shape index (κ1) is 16.8. The summed E-state index contributed by atoms with van der Waals surface area (Å²) in [6.45, 7) is 7.35. The van der Waals surface area contributed by atoms with E-state index in [1.54, 1.807) is 0 Å². The molecule has 0 unspecified atom stereocenters. The minimum absolute atomic E-state index is 0.699. The maximum absolute atomic E-state index is 9.10. The molecule has 0 fully saturated rings. The van der Waals surface area contributed by atoms with Crippen molar-refractivity contribution in [1.29, 1.82) is 0 Å². The van der Waals surface area contributed by atoms with Gasteiger partial charge in [0.25, 0.3) is 5.89 Å². The van der Waals surface area contributed by atoms with Crippen LogP contribution >= 0.6 is 0 Å². The zero-order valence-electron chi connectivity index (χ0n) is 12.1. The minimum atomic E-state index is -1.82. The number of aromatic nitrogens is 2. The Balaban J connectivity index is 0.000000315. The summed E-state index contributed by atoms with van der Waals surface area (Å²) in [5, 5.41) is 18.7. The van der Waals surface area contributed by atoms with E-state index in [-0.39, 0.29) is 0 Å². The fraction of sp³-hybridized carbons (Fsp3) is 0.538. The van der Waals surface area contributed by atoms with E-state index < -0.39 is 11.9 Å². The second kappa shape index (κ2) is 8.15. The Kier molecular flexibility index (Phi) is 6.54. The maximum atomic E-state index is 9.10. The molecule has 0 saturated carbocycles. The molecular formula is C13H19N3O5. The number of aliphatic carboxylic acids is 2. The monoisotopic (exact) mass is 297 g/mol. The van der Waals surface area contributed by atoms with Crippen molar-refractivity contribution in [3.05, 3.63) is 17.8 Å². The molecule has 8 nitrogen and oxygen atoms in total. The molecule has 2 rings (SSSR count). The Hall–Kier alpha value is -2.22. The van der Waals surface area contributed by atoms with Gasteiger partial charge in [0.05, 0.1) is 0 Å². The number of rotatable bonds is 3. The highest BCUT2D eigenvalue weighted by Gasteiger charge is 2.16. The molecule has 116 valence electrons. The molecule has 0 bridgehead atoms. The van der Waals surface area contributed by atoms with Gasteiger partial charge >= 0.3 is 11.9 Å². The van der Waals surface area contributed by atoms with Gasteiger partial charge in [-0.1, -0.05) is 25.1 Å². The van der Waals surface area contributed by atoms with Gasteiger partial charge in [0, 0.05) is 25.1 Å². The Morgan fingerprint density at radius 1 is 1.33 bits per heavy atom. The normalized spacial score (nSPS) is 14.9. The predicted octanol–water partition coefficient (Wildman–Crippen LogP) is 0.897. The standard InChI is InChI=1S/C11H17N3O.C2H2O4/c1-3-10-12-11(15-13-10)9-6-5-7-14(4-2)8-9;3-1(4)2(5)6/h6H,3-5,7-8H2,1-2H3;(H,3,4)(H,5,6). The molecule has 2 heterocycles. The van der Waals surface area contributed by atoms with E-state index in [1.165, 1.54) is 5.57 Å². The summed E-state index contributed by atoms with van der Waals surface area (Å²) in [7, 11) is 0. The molecule has 0 amide bonds. The van der Waals surface area contributed by atoms with Gasteiger partial charge in [-0.2, -0.15) is 4.98 Å². The molecule has 0 atom stereocenters. The second-order valence-corrected chi connectivity index (χ2v) is 4.37. The fourth-order valence-corrected chi connectivity index (χ4v) is 1.76. The van der Waals surface area contributed by atoms with Gasteiger partial charge in [-0.25, -0.2) is 9.59 Å². The van der Waals surface area contributed by atoms with Gasteiger partial charge in [0.1, 0.15) is 0 Å². The zero-order chi connectivity index (χ0) is 15.8. The van der Waals surface area contributed by atoms with Crippen LogP contribution in [0.15, 0.2) is 10.6 Å². The third-order valence-electron chi connectivity index (χ3n) is 2.92. The topological polar surface area (TPSA) is 117 Å². The van der Waals surface area contributed by atoms with Crippen molar-refractivity contribution in [3.63, 3.8) is 0 Å². The highest BCUT2D eigenvalue weighted by Crippen LogP contribution is 2.18. The molecule has 1 aromatic rings. The summed E-state index contributed by atoms with van der Waals surface area (Å²) in [5.41, 5.74) is 1.18. The summed E-state index contributed by atoms with van der Waals surface area (Å²) in [4.78, 5) is 24.9. The average Bonchev–Trinajstić information content (AvgIpc) is 2.97. The first-order chi connectivity index (χ1) is 9.97. The Morgan fingerprint density at radius 2 is 2.00 bits per heavy atom. The number of carbonyl (C=O) groups is 2. The van der Waals surface area contributed by atoms with E-state index in [2.05, 4.69) is 28.0 Å². The average molecular weight is 297 g/mol. The number of carboxylic acid groups (broad SMARTS) is 2. The van der Waals surface area contributed by atoms with Gasteiger partial charge in [-0.3, -0.25) is 4.90 Å². The molecule has 1 aliphatic rings. The third kappa shape index (κ3) is 5.35. The third-order valence-corrected chi connectivity index (χ3v) is 2.92. The van der Waals surface area contributed by atoms with Gasteiger partial charge < -0.3 is 14.7 Å². The smallest absolute Gasteiger partial charge is 0.414 e. The van der Waals surface area contributed by atoms with E-state index in [0.29, 0.717) is 5.89 Å². The largest absolute Gasteiger partial charge is 0.473 e. The molecule has 0 saturated heterocycles. The second-order valence-electron chi connectivity index (χ2n) is 4.37. The van der Waals surface area contributed by atoms with Crippen LogP contribution in [-0.4, -0.2) is 56.8 Å². The number of likely N-dealkylation sites (N-methyl/N-ethyl adjacent to an activating group) is 1. The molecule has 1 aromatic heterocycles. The van der Waals surface area contributed by atoms with E-state index >= 15 is 0 Å². The minimum Gasteiger partial charge on any atom is -0.473 e. The van der Waals surface area contributed by atoms with E-state index in [1.807, 2.05) is 6.92 Å². The fourth-order valence-electron chi connectivity index (χ4n) is 1.76. The molecule has 8 heteroatoms. The summed E-state index contributed by atoms with van der Waals surface area (Å²) >= 11 is 0. The van der Waals surface area contributed by atoms with Crippen molar-refractivity contribution >= 4 is 17.5 Å². The van der Waals surface area contributed by atoms with Crippen LogP contribution in [-0.2, 0) is 16.0 Å². The van der Waals surface area contributed by atoms with E-state index in [4.69, 9.17) is 24.3 Å². The summed E-state index contributed by atoms with van der Waals surface area (Å²) in [6.07, 6.45) is 4.11. The van der Waals surface area contributed by atoms with Gasteiger partial charge in [0.2, 0.25) is 0 Å². The van der Waals surface area contributed by atoms with Crippen molar-refractivity contribution in [1.82, 2.24) is 15.0 Å². The molecule has 0 spiro atoms. The number of nitrogens with zero attached hydrogens (tertiary/aromatic N) is 3. The van der Waals surface area contributed by atoms with Crippen LogP contribution in [0.25, 0.3) is 5.57 Å². The number of aryl methyl sites for hydroxylation is 1. The van der Waals surface area contributed by atoms with Gasteiger partial charge in [-0.05, 0) is 13.0 Å². The molecule has 1 aliphatic heterocycles. The van der Waals surface area contributed by atoms with Crippen molar-refractivity contribution < 1.29 is 24.3 Å². The van der Waals surface area contributed by atoms with Gasteiger partial charge in [-0.15, -0.1) is 0 Å². The zero-order valence-corrected chi connectivity index (χ0v) is 12.1. The van der Waals surface area contributed by atoms with Gasteiger partial charge in [0.15, 0.2) is 5.82 Å². The van der Waals surface area contributed by atoms with Crippen molar-refractivity contribution in [2.24, 2.45) is 0 Å². The van der Waals surface area contributed by atoms with Crippen LogP contribution < -0.4 is 0 Å². The SMILES string of the molecule is CCc1noc(C2=CCCN(CC)C2)n1.O=C(O)C(=O)O. The maximum Gasteiger partial charge on any atom is 0.414 e. The molecule has 0 radical (unpaired) electrons. The number of hydrogen-bond donors (Lipinski definition) is 2. The van der Waals surface area contributed by atoms with E-state index in [9.17, 15) is 0 Å². The first-order valence-electron chi connectivity index (χ1n) is 6.68. The van der Waals surface area contributed by atoms with Crippen LogP contribution in [0.2, 0.25) is 0 Å². The highest BCUT2D eigenvalue weighted by molar-refractivity contribution is 6.27. The predicted molar refractivity (Wildman–Crippen MR) is 73.7 cm³/mol. The molecular weight excluding hydrogens is 278 g/mol. The van der Waals surface area contributed by atoms with Crippen LogP contribution in [0.3, 0.4) is 0 Å². The quantitative estimate of drug-likeness (QED) is 0.790. The van der Waals surface area contributed by atoms with E-state index in [0.717, 1.165) is 38.3 Å². The first-order valence-corrected chi connectivity index (χ1v) is 6.68. The lowest BCUT2D eigenvalue weighted by molar-refractivity contribution is -0.159. The number of carboxylic acids is 2. The lowest BCUT2D eigenvalue weighted by Gasteiger charge is -2.23. The molecule has 21 heavy (non-hydrogen) atoms. The molecule has 0 aliphatic carbocycles. The van der Waals surface area contributed by atoms with Crippen LogP contribution in [0, 0.1) is 0 Å². The van der Waals surface area contributed by atoms with Crippen LogP contribution in [0.4, 0.5) is 0 Å². The lowest BCUT2D eigenvalue weighted by Crippen LogP contribution is -2.29.